The van der Waals surface area contributed by atoms with Gasteiger partial charge in [0.05, 0.1) is 32.0 Å². The van der Waals surface area contributed by atoms with Crippen molar-refractivity contribution in [3.63, 3.8) is 0 Å². The summed E-state index contributed by atoms with van der Waals surface area (Å²) in [5.74, 6) is 0.246. The molecule has 0 spiro atoms. The fraction of sp³-hybridized carbons (Fsp3) is 0.387. The Kier molecular flexibility index (Phi) is 10.6. The van der Waals surface area contributed by atoms with Gasteiger partial charge in [-0.3, -0.25) is 4.79 Å². The molecule has 1 unspecified atom stereocenters. The molecule has 0 aliphatic rings. The summed E-state index contributed by atoms with van der Waals surface area (Å²) in [5, 5.41) is 12.3. The molecule has 3 rings (SSSR count). The monoisotopic (exact) mass is 583 g/mol. The van der Waals surface area contributed by atoms with Gasteiger partial charge in [-0.25, -0.2) is 0 Å². The number of carbonyl (C=O) groups excluding carboxylic acids is 1. The van der Waals surface area contributed by atoms with Crippen LogP contribution in [0.2, 0.25) is 0 Å². The van der Waals surface area contributed by atoms with Crippen molar-refractivity contribution < 1.29 is 24.1 Å². The minimum Gasteiger partial charge on any atom is -0.496 e. The summed E-state index contributed by atoms with van der Waals surface area (Å²) in [4.78, 5) is 15.0. The zero-order valence-electron chi connectivity index (χ0n) is 23.0. The quantitative estimate of drug-likeness (QED) is 0.261. The van der Waals surface area contributed by atoms with Crippen LogP contribution >= 0.6 is 15.9 Å². The van der Waals surface area contributed by atoms with Gasteiger partial charge in [0.15, 0.2) is 0 Å². The standard InChI is InChI=1S/C31H38BrNO5/c1-7-37-24-18-25(36-6)29(26(19-24)38-8-2)30(34)28(22-14-16-23(32)17-15-22)27(20(3)31(35)33(4)5)21-12-10-9-11-13-21/h9-20,27-28,30,34H,7-8H2,1-6H3/t20-,27?,28+,30-/m0/s1. The number of aliphatic hydroxyl groups is 1. The summed E-state index contributed by atoms with van der Waals surface area (Å²) in [6.45, 7) is 6.62. The number of hydrogen-bond donors (Lipinski definition) is 1. The maximum atomic E-state index is 13.4. The van der Waals surface area contributed by atoms with Gasteiger partial charge in [0, 0.05) is 48.5 Å². The lowest BCUT2D eigenvalue weighted by Crippen LogP contribution is -2.35. The fourth-order valence-corrected chi connectivity index (χ4v) is 5.32. The van der Waals surface area contributed by atoms with Crippen molar-refractivity contribution in [2.24, 2.45) is 5.92 Å². The Bertz CT molecular complexity index is 1180. The maximum Gasteiger partial charge on any atom is 0.225 e. The molecule has 7 heteroatoms. The van der Waals surface area contributed by atoms with E-state index < -0.39 is 17.9 Å². The van der Waals surface area contributed by atoms with E-state index in [1.54, 1.807) is 38.2 Å². The molecule has 0 saturated heterocycles. The van der Waals surface area contributed by atoms with Gasteiger partial charge in [-0.1, -0.05) is 65.3 Å². The first kappa shape index (κ1) is 29.5. The Morgan fingerprint density at radius 1 is 0.895 bits per heavy atom. The lowest BCUT2D eigenvalue weighted by Gasteiger charge is -2.37. The number of nitrogens with zero attached hydrogens (tertiary/aromatic N) is 1. The number of benzene rings is 3. The number of aliphatic hydroxyl groups excluding tert-OH is 1. The second-order valence-electron chi connectivity index (χ2n) is 9.38. The molecule has 0 saturated carbocycles. The highest BCUT2D eigenvalue weighted by Crippen LogP contribution is 2.51. The second-order valence-corrected chi connectivity index (χ2v) is 10.3. The van der Waals surface area contributed by atoms with Gasteiger partial charge < -0.3 is 24.2 Å². The van der Waals surface area contributed by atoms with Crippen LogP contribution < -0.4 is 14.2 Å². The Hall–Kier alpha value is -3.03. The highest BCUT2D eigenvalue weighted by atomic mass is 79.9. The zero-order valence-corrected chi connectivity index (χ0v) is 24.6. The molecule has 6 nitrogen and oxygen atoms in total. The van der Waals surface area contributed by atoms with Gasteiger partial charge in [-0.2, -0.15) is 0 Å². The van der Waals surface area contributed by atoms with E-state index in [1.165, 1.54) is 0 Å². The molecule has 0 fully saturated rings. The number of carbonyl (C=O) groups is 1. The molecule has 1 amide bonds. The number of ether oxygens (including phenoxy) is 3. The number of amides is 1. The average molecular weight is 585 g/mol. The molecular weight excluding hydrogens is 546 g/mol. The lowest BCUT2D eigenvalue weighted by atomic mass is 9.70. The summed E-state index contributed by atoms with van der Waals surface area (Å²) in [5.41, 5.74) is 2.38. The van der Waals surface area contributed by atoms with Crippen molar-refractivity contribution in [1.82, 2.24) is 4.90 Å². The SMILES string of the molecule is CCOc1cc(OC)c([C@@H](O)[C@H](c2ccc(Br)cc2)C(c2ccccc2)[C@H](C)C(=O)N(C)C)c(OCC)c1. The molecule has 0 aliphatic carbocycles. The molecule has 204 valence electrons. The molecule has 0 bridgehead atoms. The van der Waals surface area contributed by atoms with Gasteiger partial charge in [0.2, 0.25) is 5.91 Å². The molecule has 3 aromatic carbocycles. The Labute approximate surface area is 234 Å². The number of hydrogen-bond acceptors (Lipinski definition) is 5. The van der Waals surface area contributed by atoms with Crippen molar-refractivity contribution in [3.8, 4) is 17.2 Å². The first-order chi connectivity index (χ1) is 18.2. The normalized spacial score (nSPS) is 14.2. The van der Waals surface area contributed by atoms with Gasteiger partial charge in [0.1, 0.15) is 17.2 Å². The van der Waals surface area contributed by atoms with Crippen LogP contribution in [-0.2, 0) is 4.79 Å². The third-order valence-electron chi connectivity index (χ3n) is 6.74. The number of halogens is 1. The molecule has 38 heavy (non-hydrogen) atoms. The van der Waals surface area contributed by atoms with E-state index in [0.29, 0.717) is 36.0 Å². The molecule has 4 atom stereocenters. The summed E-state index contributed by atoms with van der Waals surface area (Å²) in [6, 6.07) is 21.4. The predicted molar refractivity (Wildman–Crippen MR) is 154 cm³/mol. The van der Waals surface area contributed by atoms with E-state index in [2.05, 4.69) is 15.9 Å². The van der Waals surface area contributed by atoms with Gasteiger partial charge in [-0.05, 0) is 37.1 Å². The minimum absolute atomic E-state index is 0.0168. The van der Waals surface area contributed by atoms with E-state index in [0.717, 1.165) is 15.6 Å². The van der Waals surface area contributed by atoms with Crippen LogP contribution in [0, 0.1) is 5.92 Å². The number of methoxy groups -OCH3 is 1. The van der Waals surface area contributed by atoms with Crippen LogP contribution in [-0.4, -0.2) is 50.3 Å². The maximum absolute atomic E-state index is 13.4. The molecular formula is C31H38BrNO5. The van der Waals surface area contributed by atoms with Crippen LogP contribution in [0.5, 0.6) is 17.2 Å². The Balaban J connectivity index is 2.30. The molecule has 3 aromatic rings. The van der Waals surface area contributed by atoms with Crippen LogP contribution in [0.15, 0.2) is 71.2 Å². The van der Waals surface area contributed by atoms with Crippen molar-refractivity contribution in [2.45, 2.75) is 38.7 Å². The first-order valence-electron chi connectivity index (χ1n) is 12.9. The van der Waals surface area contributed by atoms with Crippen LogP contribution in [0.3, 0.4) is 0 Å². The molecule has 0 aromatic heterocycles. The van der Waals surface area contributed by atoms with E-state index >= 15 is 0 Å². The molecule has 1 N–H and O–H groups in total. The second kappa shape index (κ2) is 13.7. The highest BCUT2D eigenvalue weighted by molar-refractivity contribution is 9.10. The van der Waals surface area contributed by atoms with Crippen molar-refractivity contribution in [1.29, 1.82) is 0 Å². The smallest absolute Gasteiger partial charge is 0.225 e. The first-order valence-corrected chi connectivity index (χ1v) is 13.7. The van der Waals surface area contributed by atoms with E-state index in [4.69, 9.17) is 14.2 Å². The van der Waals surface area contributed by atoms with Crippen LogP contribution in [0.25, 0.3) is 0 Å². The molecule has 0 heterocycles. The zero-order chi connectivity index (χ0) is 27.8. The average Bonchev–Trinajstić information content (AvgIpc) is 2.91. The summed E-state index contributed by atoms with van der Waals surface area (Å²) >= 11 is 3.53. The summed E-state index contributed by atoms with van der Waals surface area (Å²) in [6.07, 6.45) is -1.06. The predicted octanol–water partition coefficient (Wildman–Crippen LogP) is 6.58. The molecule has 0 aliphatic heterocycles. The number of rotatable bonds is 12. The van der Waals surface area contributed by atoms with Crippen molar-refractivity contribution in [3.05, 3.63) is 87.9 Å². The van der Waals surface area contributed by atoms with Gasteiger partial charge >= 0.3 is 0 Å². The fourth-order valence-electron chi connectivity index (χ4n) is 5.06. The molecule has 0 radical (unpaired) electrons. The minimum atomic E-state index is -1.06. The van der Waals surface area contributed by atoms with Gasteiger partial charge in [-0.15, -0.1) is 0 Å². The largest absolute Gasteiger partial charge is 0.496 e. The van der Waals surface area contributed by atoms with Crippen LogP contribution in [0.4, 0.5) is 0 Å². The van der Waals surface area contributed by atoms with E-state index in [1.807, 2.05) is 75.4 Å². The topological polar surface area (TPSA) is 68.2 Å². The van der Waals surface area contributed by atoms with Crippen molar-refractivity contribution in [2.75, 3.05) is 34.4 Å². The Morgan fingerprint density at radius 2 is 1.47 bits per heavy atom. The Morgan fingerprint density at radius 3 is 2.03 bits per heavy atom. The summed E-state index contributed by atoms with van der Waals surface area (Å²) < 4.78 is 18.5. The third-order valence-corrected chi connectivity index (χ3v) is 7.27. The summed E-state index contributed by atoms with van der Waals surface area (Å²) in [7, 11) is 5.09. The highest BCUT2D eigenvalue weighted by Gasteiger charge is 2.40. The van der Waals surface area contributed by atoms with Crippen molar-refractivity contribution >= 4 is 21.8 Å². The van der Waals surface area contributed by atoms with E-state index in [9.17, 15) is 9.90 Å². The van der Waals surface area contributed by atoms with E-state index in [-0.39, 0.29) is 11.8 Å². The van der Waals surface area contributed by atoms with Gasteiger partial charge in [0.25, 0.3) is 0 Å². The lowest BCUT2D eigenvalue weighted by molar-refractivity contribution is -0.133. The third kappa shape index (κ3) is 6.69. The van der Waals surface area contributed by atoms with Crippen LogP contribution in [0.1, 0.15) is 55.4 Å².